The van der Waals surface area contributed by atoms with Gasteiger partial charge in [-0.05, 0) is 18.2 Å². The highest BCUT2D eigenvalue weighted by atomic mass is 79.9. The molecular weight excluding hydrogens is 334 g/mol. The molecule has 1 heterocycles. The number of nitrogens with zero attached hydrogens (tertiary/aromatic N) is 1. The second-order valence-corrected chi connectivity index (χ2v) is 6.39. The average molecular weight is 346 g/mol. The van der Waals surface area contributed by atoms with Crippen LogP contribution in [0.2, 0.25) is 0 Å². The van der Waals surface area contributed by atoms with Crippen molar-refractivity contribution in [2.75, 3.05) is 12.3 Å². The molecule has 0 radical (unpaired) electrons. The monoisotopic (exact) mass is 345 g/mol. The largest absolute Gasteiger partial charge is 0.355 e. The van der Waals surface area contributed by atoms with Crippen LogP contribution in [0.4, 0.5) is 0 Å². The Morgan fingerprint density at radius 1 is 1.56 bits per heavy atom. The number of hydrogen-bond donors (Lipinski definition) is 2. The molecule has 0 saturated heterocycles. The maximum absolute atomic E-state index is 11.6. The van der Waals surface area contributed by atoms with E-state index in [0.29, 0.717) is 13.0 Å². The standard InChI is InChI=1S/C11H12BrN3OS2/c12-7-1-2-8-9(5-7)18-11(15-8)6-10(16)14-3-4-17-13/h1-2,5H,3-4,6,13H2,(H,14,16). The molecule has 0 atom stereocenters. The van der Waals surface area contributed by atoms with Gasteiger partial charge in [0.25, 0.3) is 0 Å². The molecule has 1 aromatic heterocycles. The molecule has 0 bridgehead atoms. The normalized spacial score (nSPS) is 10.8. The molecule has 0 aliphatic heterocycles. The van der Waals surface area contributed by atoms with Crippen LogP contribution in [0.5, 0.6) is 0 Å². The van der Waals surface area contributed by atoms with Gasteiger partial charge in [-0.1, -0.05) is 27.9 Å². The fraction of sp³-hybridized carbons (Fsp3) is 0.273. The minimum absolute atomic E-state index is 0.0119. The van der Waals surface area contributed by atoms with Gasteiger partial charge in [0.05, 0.1) is 16.6 Å². The smallest absolute Gasteiger partial charge is 0.226 e. The van der Waals surface area contributed by atoms with E-state index in [0.717, 1.165) is 25.4 Å². The van der Waals surface area contributed by atoms with Crippen LogP contribution >= 0.6 is 39.2 Å². The lowest BCUT2D eigenvalue weighted by Crippen LogP contribution is -2.27. The Bertz CT molecular complexity index is 558. The molecule has 2 rings (SSSR count). The molecule has 0 saturated carbocycles. The summed E-state index contributed by atoms with van der Waals surface area (Å²) in [6.45, 7) is 0.594. The maximum atomic E-state index is 11.6. The zero-order valence-electron chi connectivity index (χ0n) is 9.48. The number of aromatic nitrogens is 1. The highest BCUT2D eigenvalue weighted by Crippen LogP contribution is 2.25. The van der Waals surface area contributed by atoms with Crippen molar-refractivity contribution < 1.29 is 4.79 Å². The van der Waals surface area contributed by atoms with Crippen LogP contribution < -0.4 is 10.5 Å². The summed E-state index contributed by atoms with van der Waals surface area (Å²) in [4.78, 5) is 16.1. The van der Waals surface area contributed by atoms with Crippen molar-refractivity contribution in [2.45, 2.75) is 6.42 Å². The van der Waals surface area contributed by atoms with Gasteiger partial charge in [-0.3, -0.25) is 9.93 Å². The number of rotatable bonds is 5. The Balaban J connectivity index is 2.01. The number of carbonyl (C=O) groups excluding carboxylic acids is 1. The van der Waals surface area contributed by atoms with E-state index in [4.69, 9.17) is 5.14 Å². The van der Waals surface area contributed by atoms with Crippen molar-refractivity contribution in [3.8, 4) is 0 Å². The quantitative estimate of drug-likeness (QED) is 0.644. The van der Waals surface area contributed by atoms with Gasteiger partial charge in [-0.15, -0.1) is 11.3 Å². The number of thiazole rings is 1. The number of hydrogen-bond acceptors (Lipinski definition) is 5. The Morgan fingerprint density at radius 3 is 3.17 bits per heavy atom. The molecule has 0 aliphatic rings. The molecule has 0 aliphatic carbocycles. The SMILES string of the molecule is NSCCNC(=O)Cc1nc2ccc(Br)cc2s1. The first-order chi connectivity index (χ1) is 8.69. The van der Waals surface area contributed by atoms with Gasteiger partial charge in [0, 0.05) is 16.8 Å². The van der Waals surface area contributed by atoms with Gasteiger partial charge in [0.2, 0.25) is 5.91 Å². The van der Waals surface area contributed by atoms with E-state index >= 15 is 0 Å². The molecule has 1 aromatic carbocycles. The number of amides is 1. The second-order valence-electron chi connectivity index (χ2n) is 3.62. The molecule has 0 unspecified atom stereocenters. The van der Waals surface area contributed by atoms with Crippen molar-refractivity contribution >= 4 is 55.3 Å². The molecule has 0 spiro atoms. The fourth-order valence-electron chi connectivity index (χ4n) is 1.47. The summed E-state index contributed by atoms with van der Waals surface area (Å²) in [6.07, 6.45) is 0.326. The van der Waals surface area contributed by atoms with Gasteiger partial charge in [0.1, 0.15) is 5.01 Å². The Labute approximate surface area is 122 Å². The zero-order valence-corrected chi connectivity index (χ0v) is 12.7. The predicted molar refractivity (Wildman–Crippen MR) is 80.7 cm³/mol. The highest BCUT2D eigenvalue weighted by Gasteiger charge is 2.08. The third kappa shape index (κ3) is 3.68. The van der Waals surface area contributed by atoms with Gasteiger partial charge in [0.15, 0.2) is 0 Å². The first-order valence-electron chi connectivity index (χ1n) is 5.32. The molecule has 4 nitrogen and oxygen atoms in total. The van der Waals surface area contributed by atoms with Crippen LogP contribution in [0, 0.1) is 0 Å². The third-order valence-electron chi connectivity index (χ3n) is 2.25. The van der Waals surface area contributed by atoms with E-state index in [1.54, 1.807) is 11.3 Å². The van der Waals surface area contributed by atoms with Gasteiger partial charge < -0.3 is 5.32 Å². The van der Waals surface area contributed by atoms with Crippen molar-refractivity contribution in [2.24, 2.45) is 5.14 Å². The zero-order chi connectivity index (χ0) is 13.0. The predicted octanol–water partition coefficient (Wildman–Crippen LogP) is 2.32. The van der Waals surface area contributed by atoms with Crippen molar-refractivity contribution in [1.82, 2.24) is 10.3 Å². The summed E-state index contributed by atoms with van der Waals surface area (Å²) in [7, 11) is 0. The summed E-state index contributed by atoms with van der Waals surface area (Å²) in [5, 5.41) is 8.92. The number of nitrogens with one attached hydrogen (secondary N) is 1. The fourth-order valence-corrected chi connectivity index (χ4v) is 3.21. The van der Waals surface area contributed by atoms with Gasteiger partial charge in [-0.25, -0.2) is 4.98 Å². The first-order valence-corrected chi connectivity index (χ1v) is 7.98. The van der Waals surface area contributed by atoms with Crippen LogP contribution in [-0.4, -0.2) is 23.2 Å². The van der Waals surface area contributed by atoms with Crippen LogP contribution in [0.1, 0.15) is 5.01 Å². The lowest BCUT2D eigenvalue weighted by molar-refractivity contribution is -0.120. The second kappa shape index (κ2) is 6.51. The Kier molecular flexibility index (Phi) is 4.99. The lowest BCUT2D eigenvalue weighted by Gasteiger charge is -2.01. The van der Waals surface area contributed by atoms with Crippen LogP contribution in [-0.2, 0) is 11.2 Å². The molecular formula is C11H12BrN3OS2. The van der Waals surface area contributed by atoms with E-state index in [-0.39, 0.29) is 5.91 Å². The molecule has 3 N–H and O–H groups in total. The topological polar surface area (TPSA) is 68.0 Å². The number of benzene rings is 1. The maximum Gasteiger partial charge on any atom is 0.226 e. The minimum atomic E-state index is -0.0119. The minimum Gasteiger partial charge on any atom is -0.355 e. The number of nitrogens with two attached hydrogens (primary N) is 1. The Morgan fingerprint density at radius 2 is 2.39 bits per heavy atom. The Hall–Kier alpha value is -0.630. The first kappa shape index (κ1) is 13.8. The van der Waals surface area contributed by atoms with E-state index in [2.05, 4.69) is 26.2 Å². The van der Waals surface area contributed by atoms with Crippen LogP contribution in [0.25, 0.3) is 10.2 Å². The van der Waals surface area contributed by atoms with E-state index < -0.39 is 0 Å². The van der Waals surface area contributed by atoms with Crippen LogP contribution in [0.15, 0.2) is 22.7 Å². The summed E-state index contributed by atoms with van der Waals surface area (Å²) >= 11 is 6.19. The molecule has 18 heavy (non-hydrogen) atoms. The van der Waals surface area contributed by atoms with Crippen molar-refractivity contribution in [1.29, 1.82) is 0 Å². The summed E-state index contributed by atoms with van der Waals surface area (Å²) in [6, 6.07) is 5.91. The molecule has 1 amide bonds. The number of halogens is 1. The molecule has 96 valence electrons. The van der Waals surface area contributed by atoms with E-state index in [9.17, 15) is 4.79 Å². The van der Waals surface area contributed by atoms with E-state index in [1.165, 1.54) is 11.9 Å². The molecule has 7 heteroatoms. The highest BCUT2D eigenvalue weighted by molar-refractivity contribution is 9.10. The number of carbonyl (C=O) groups is 1. The van der Waals surface area contributed by atoms with Crippen molar-refractivity contribution in [3.63, 3.8) is 0 Å². The van der Waals surface area contributed by atoms with Gasteiger partial charge >= 0.3 is 0 Å². The van der Waals surface area contributed by atoms with E-state index in [1.807, 2.05) is 18.2 Å². The number of fused-ring (bicyclic) bond motifs is 1. The van der Waals surface area contributed by atoms with Crippen LogP contribution in [0.3, 0.4) is 0 Å². The summed E-state index contributed by atoms with van der Waals surface area (Å²) < 4.78 is 2.11. The average Bonchev–Trinajstić information content (AvgIpc) is 2.70. The van der Waals surface area contributed by atoms with Crippen molar-refractivity contribution in [3.05, 3.63) is 27.7 Å². The summed E-state index contributed by atoms with van der Waals surface area (Å²) in [5.74, 6) is 0.709. The molecule has 0 fully saturated rings. The third-order valence-corrected chi connectivity index (χ3v) is 4.20. The van der Waals surface area contributed by atoms with Gasteiger partial charge in [-0.2, -0.15) is 0 Å². The summed E-state index contributed by atoms with van der Waals surface area (Å²) in [5.41, 5.74) is 0.934. The lowest BCUT2D eigenvalue weighted by atomic mass is 10.3. The molecule has 2 aromatic rings.